The van der Waals surface area contributed by atoms with E-state index in [1.165, 1.54) is 6.07 Å². The number of fused-ring (bicyclic) bond motifs is 5. The number of rotatable bonds is 3. The molecule has 2 N–H and O–H groups in total. The van der Waals surface area contributed by atoms with Crippen molar-refractivity contribution in [1.29, 1.82) is 0 Å². The zero-order valence-corrected chi connectivity index (χ0v) is 16.0. The van der Waals surface area contributed by atoms with E-state index in [-0.39, 0.29) is 17.1 Å². The molecular formula is C24H20N2O3. The van der Waals surface area contributed by atoms with Crippen molar-refractivity contribution in [1.82, 2.24) is 9.88 Å². The topological polar surface area (TPSA) is 73.4 Å². The number of benzene rings is 2. The first-order chi connectivity index (χ1) is 14.1. The van der Waals surface area contributed by atoms with Gasteiger partial charge in [-0.05, 0) is 48.8 Å². The molecule has 1 unspecified atom stereocenters. The number of aldehydes is 1. The summed E-state index contributed by atoms with van der Waals surface area (Å²) in [7, 11) is 0. The number of phenols is 1. The molecule has 3 heterocycles. The molecule has 0 aliphatic carbocycles. The summed E-state index contributed by atoms with van der Waals surface area (Å²) in [4.78, 5) is 30.9. The highest BCUT2D eigenvalue weighted by Crippen LogP contribution is 2.45. The van der Waals surface area contributed by atoms with E-state index in [0.717, 1.165) is 40.4 Å². The highest BCUT2D eigenvalue weighted by atomic mass is 16.3. The monoisotopic (exact) mass is 384 g/mol. The summed E-state index contributed by atoms with van der Waals surface area (Å²) >= 11 is 0. The Labute approximate surface area is 168 Å². The first-order valence-electron chi connectivity index (χ1n) is 9.62. The first kappa shape index (κ1) is 17.5. The van der Waals surface area contributed by atoms with Crippen LogP contribution in [-0.4, -0.2) is 33.6 Å². The summed E-state index contributed by atoms with van der Waals surface area (Å²) in [6.07, 6.45) is 5.26. The Morgan fingerprint density at radius 3 is 2.72 bits per heavy atom. The molecule has 5 heteroatoms. The summed E-state index contributed by atoms with van der Waals surface area (Å²) in [5.41, 5.74) is 3.58. The van der Waals surface area contributed by atoms with Crippen LogP contribution in [0.5, 0.6) is 5.75 Å². The number of aromatic amines is 1. The van der Waals surface area contributed by atoms with Crippen LogP contribution in [0, 0.1) is 0 Å². The third kappa shape index (κ3) is 2.34. The number of phenolic OH excluding ortho intramolecular Hbond substituents is 1. The predicted molar refractivity (Wildman–Crippen MR) is 111 cm³/mol. The number of carbonyl (C=O) groups excluding carboxylic acids is 2. The normalized spacial score (nSPS) is 20.5. The van der Waals surface area contributed by atoms with Crippen LogP contribution in [0.2, 0.25) is 0 Å². The van der Waals surface area contributed by atoms with Crippen LogP contribution >= 0.6 is 0 Å². The van der Waals surface area contributed by atoms with Crippen molar-refractivity contribution in [2.45, 2.75) is 18.9 Å². The molecule has 1 aromatic heterocycles. The Hall–Kier alpha value is -3.60. The fourth-order valence-corrected chi connectivity index (χ4v) is 4.64. The number of allylic oxidation sites excluding steroid dienone is 2. The van der Waals surface area contributed by atoms with Crippen LogP contribution in [0.3, 0.4) is 0 Å². The Kier molecular flexibility index (Phi) is 3.74. The SMILES string of the molecule is CC1=CC(C(=O)c2ccccc2O)=CN2CCc3c([nH]c4ccccc34)C12C=O. The van der Waals surface area contributed by atoms with Crippen molar-refractivity contribution in [3.63, 3.8) is 0 Å². The Morgan fingerprint density at radius 2 is 1.93 bits per heavy atom. The number of H-pyrrole nitrogens is 1. The van der Waals surface area contributed by atoms with Gasteiger partial charge in [0.05, 0.1) is 11.3 Å². The number of hydrogen-bond donors (Lipinski definition) is 2. The molecule has 3 aromatic rings. The largest absolute Gasteiger partial charge is 0.507 e. The lowest BCUT2D eigenvalue weighted by Gasteiger charge is -2.46. The van der Waals surface area contributed by atoms with E-state index in [2.05, 4.69) is 11.1 Å². The van der Waals surface area contributed by atoms with Crippen LogP contribution in [0.15, 0.2) is 72.0 Å². The second-order valence-electron chi connectivity index (χ2n) is 7.61. The lowest BCUT2D eigenvalue weighted by atomic mass is 9.77. The standard InChI is InChI=1S/C24H20N2O3/c1-15-12-16(22(29)19-7-3-5-9-21(19)28)13-26-11-10-18-17-6-2-4-8-20(17)25-23(18)24(15,26)14-27/h2-9,12-14,25,28H,10-11H2,1H3. The maximum atomic E-state index is 13.0. The van der Waals surface area contributed by atoms with Crippen molar-refractivity contribution < 1.29 is 14.7 Å². The van der Waals surface area contributed by atoms with Crippen LogP contribution in [0.25, 0.3) is 10.9 Å². The Morgan fingerprint density at radius 1 is 1.17 bits per heavy atom. The molecule has 2 aliphatic rings. The second kappa shape index (κ2) is 6.21. The summed E-state index contributed by atoms with van der Waals surface area (Å²) in [5.74, 6) is -0.308. The minimum absolute atomic E-state index is 0.0479. The van der Waals surface area contributed by atoms with Gasteiger partial charge in [-0.15, -0.1) is 0 Å². The van der Waals surface area contributed by atoms with Crippen LogP contribution in [0.1, 0.15) is 28.5 Å². The highest BCUT2D eigenvalue weighted by molar-refractivity contribution is 6.12. The van der Waals surface area contributed by atoms with E-state index in [1.807, 2.05) is 30.0 Å². The van der Waals surface area contributed by atoms with E-state index in [1.54, 1.807) is 30.5 Å². The van der Waals surface area contributed by atoms with E-state index in [9.17, 15) is 14.7 Å². The summed E-state index contributed by atoms with van der Waals surface area (Å²) in [5, 5.41) is 11.2. The number of carbonyl (C=O) groups is 2. The van der Waals surface area contributed by atoms with Gasteiger partial charge in [0.25, 0.3) is 0 Å². The number of nitrogens with one attached hydrogen (secondary N) is 1. The van der Waals surface area contributed by atoms with Crippen molar-refractivity contribution in [2.24, 2.45) is 0 Å². The molecule has 0 fully saturated rings. The lowest BCUT2D eigenvalue weighted by Crippen LogP contribution is -2.51. The Bertz CT molecular complexity index is 1230. The van der Waals surface area contributed by atoms with E-state index in [4.69, 9.17) is 0 Å². The summed E-state index contributed by atoms with van der Waals surface area (Å²) in [6, 6.07) is 14.6. The van der Waals surface area contributed by atoms with Crippen LogP contribution in [-0.2, 0) is 16.8 Å². The third-order valence-electron chi connectivity index (χ3n) is 6.10. The van der Waals surface area contributed by atoms with Crippen molar-refractivity contribution in [2.75, 3.05) is 6.54 Å². The number of nitrogens with zero attached hydrogens (tertiary/aromatic N) is 1. The molecule has 0 amide bonds. The molecule has 2 aromatic carbocycles. The van der Waals surface area contributed by atoms with Gasteiger partial charge in [0.2, 0.25) is 0 Å². The first-order valence-corrected chi connectivity index (χ1v) is 9.62. The fraction of sp³-hybridized carbons (Fsp3) is 0.167. The molecule has 5 rings (SSSR count). The molecule has 1 atom stereocenters. The lowest BCUT2D eigenvalue weighted by molar-refractivity contribution is -0.116. The molecule has 5 nitrogen and oxygen atoms in total. The number of aromatic hydroxyl groups is 1. The van der Waals surface area contributed by atoms with Gasteiger partial charge in [0, 0.05) is 29.2 Å². The van der Waals surface area contributed by atoms with Crippen molar-refractivity contribution >= 4 is 23.0 Å². The van der Waals surface area contributed by atoms with Crippen molar-refractivity contribution in [3.8, 4) is 5.75 Å². The van der Waals surface area contributed by atoms with E-state index < -0.39 is 5.54 Å². The minimum Gasteiger partial charge on any atom is -0.507 e. The average molecular weight is 384 g/mol. The maximum Gasteiger partial charge on any atom is 0.198 e. The highest BCUT2D eigenvalue weighted by Gasteiger charge is 2.47. The number of para-hydroxylation sites is 2. The molecule has 29 heavy (non-hydrogen) atoms. The fourth-order valence-electron chi connectivity index (χ4n) is 4.64. The third-order valence-corrected chi connectivity index (χ3v) is 6.10. The van der Waals surface area contributed by atoms with Crippen LogP contribution < -0.4 is 0 Å². The molecule has 0 saturated carbocycles. The molecule has 0 spiro atoms. The zero-order valence-electron chi connectivity index (χ0n) is 16.0. The zero-order chi connectivity index (χ0) is 20.2. The molecule has 2 aliphatic heterocycles. The van der Waals surface area contributed by atoms with Gasteiger partial charge < -0.3 is 15.0 Å². The minimum atomic E-state index is -0.949. The number of ketones is 1. The predicted octanol–water partition coefficient (Wildman–Crippen LogP) is 3.85. The van der Waals surface area contributed by atoms with Gasteiger partial charge in [0.15, 0.2) is 17.6 Å². The molecular weight excluding hydrogens is 364 g/mol. The van der Waals surface area contributed by atoms with Crippen molar-refractivity contribution in [3.05, 3.63) is 88.8 Å². The van der Waals surface area contributed by atoms with Gasteiger partial charge in [-0.3, -0.25) is 9.59 Å². The Balaban J connectivity index is 1.65. The quantitative estimate of drug-likeness (QED) is 0.531. The van der Waals surface area contributed by atoms with E-state index in [0.29, 0.717) is 12.1 Å². The van der Waals surface area contributed by atoms with Gasteiger partial charge in [-0.2, -0.15) is 0 Å². The smallest absolute Gasteiger partial charge is 0.198 e. The number of Topliss-reactive ketones (excluding diaryl/α,β-unsaturated/α-hetero) is 1. The summed E-state index contributed by atoms with van der Waals surface area (Å²) in [6.45, 7) is 2.50. The van der Waals surface area contributed by atoms with Gasteiger partial charge in [-0.25, -0.2) is 0 Å². The number of aromatic nitrogens is 1. The molecule has 0 bridgehead atoms. The molecule has 0 radical (unpaired) electrons. The summed E-state index contributed by atoms with van der Waals surface area (Å²) < 4.78 is 0. The average Bonchev–Trinajstić information content (AvgIpc) is 3.12. The maximum absolute atomic E-state index is 13.0. The van der Waals surface area contributed by atoms with E-state index >= 15 is 0 Å². The van der Waals surface area contributed by atoms with Gasteiger partial charge in [0.1, 0.15) is 5.75 Å². The molecule has 144 valence electrons. The molecule has 0 saturated heterocycles. The van der Waals surface area contributed by atoms with Gasteiger partial charge >= 0.3 is 0 Å². The van der Waals surface area contributed by atoms with Gasteiger partial charge in [-0.1, -0.05) is 30.3 Å². The van der Waals surface area contributed by atoms with Crippen LogP contribution in [0.4, 0.5) is 0 Å². The number of hydrogen-bond acceptors (Lipinski definition) is 4. The second-order valence-corrected chi connectivity index (χ2v) is 7.61.